The van der Waals surface area contributed by atoms with Crippen LogP contribution in [-0.4, -0.2) is 37.8 Å². The van der Waals surface area contributed by atoms with Gasteiger partial charge in [0.15, 0.2) is 0 Å². The number of hydrogen-bond donors (Lipinski definition) is 1. The Morgan fingerprint density at radius 3 is 2.75 bits per heavy atom. The molecule has 0 fully saturated rings. The summed E-state index contributed by atoms with van der Waals surface area (Å²) in [6.07, 6.45) is 0. The second kappa shape index (κ2) is 6.30. The van der Waals surface area contributed by atoms with E-state index in [9.17, 15) is 0 Å². The molecule has 0 saturated heterocycles. The van der Waals surface area contributed by atoms with Crippen molar-refractivity contribution < 1.29 is 4.74 Å². The fourth-order valence-corrected chi connectivity index (χ4v) is 1.62. The Morgan fingerprint density at radius 2 is 2.33 bits per heavy atom. The second-order valence-corrected chi connectivity index (χ2v) is 3.84. The standard InChI is InChI=1S/C8H16N2OS/c1-8(6-9,10-2)7-12-5-4-11-3/h10H,4-5,7H2,1-3H3. The zero-order valence-electron chi connectivity index (χ0n) is 7.89. The molecule has 0 bridgehead atoms. The average Bonchev–Trinajstić information content (AvgIpc) is 2.12. The molecule has 3 nitrogen and oxygen atoms in total. The largest absolute Gasteiger partial charge is 0.384 e. The molecule has 1 N–H and O–H groups in total. The summed E-state index contributed by atoms with van der Waals surface area (Å²) in [5.74, 6) is 1.73. The Labute approximate surface area is 78.5 Å². The van der Waals surface area contributed by atoms with E-state index in [2.05, 4.69) is 11.4 Å². The molecule has 0 heterocycles. The van der Waals surface area contributed by atoms with E-state index in [1.165, 1.54) is 0 Å². The van der Waals surface area contributed by atoms with E-state index < -0.39 is 5.54 Å². The molecule has 1 unspecified atom stereocenters. The average molecular weight is 188 g/mol. The first-order valence-corrected chi connectivity index (χ1v) is 5.01. The predicted octanol–water partition coefficient (Wildman–Crippen LogP) is 0.868. The first-order chi connectivity index (χ1) is 5.68. The van der Waals surface area contributed by atoms with Crippen molar-refractivity contribution in [1.82, 2.24) is 5.32 Å². The Bertz CT molecular complexity index is 158. The molecule has 0 radical (unpaired) electrons. The molecule has 1 atom stereocenters. The highest BCUT2D eigenvalue weighted by Crippen LogP contribution is 2.11. The summed E-state index contributed by atoms with van der Waals surface area (Å²) < 4.78 is 4.90. The Kier molecular flexibility index (Phi) is 6.17. The summed E-state index contributed by atoms with van der Waals surface area (Å²) in [5, 5.41) is 11.8. The van der Waals surface area contributed by atoms with Crippen LogP contribution in [0.3, 0.4) is 0 Å². The van der Waals surface area contributed by atoms with Crippen LogP contribution in [0.15, 0.2) is 0 Å². The van der Waals surface area contributed by atoms with Crippen LogP contribution in [-0.2, 0) is 4.74 Å². The lowest BCUT2D eigenvalue weighted by Gasteiger charge is -2.19. The number of nitrogens with zero attached hydrogens (tertiary/aromatic N) is 1. The summed E-state index contributed by atoms with van der Waals surface area (Å²) in [4.78, 5) is 0. The Balaban J connectivity index is 3.54. The van der Waals surface area contributed by atoms with Gasteiger partial charge in [-0.15, -0.1) is 0 Å². The SMILES string of the molecule is CNC(C)(C#N)CSCCOC. The molecular formula is C8H16N2OS. The van der Waals surface area contributed by atoms with E-state index in [1.807, 2.05) is 6.92 Å². The van der Waals surface area contributed by atoms with Crippen molar-refractivity contribution in [2.45, 2.75) is 12.5 Å². The number of rotatable bonds is 6. The van der Waals surface area contributed by atoms with E-state index in [-0.39, 0.29) is 0 Å². The van der Waals surface area contributed by atoms with Gasteiger partial charge in [-0.1, -0.05) is 0 Å². The van der Waals surface area contributed by atoms with Gasteiger partial charge >= 0.3 is 0 Å². The summed E-state index contributed by atoms with van der Waals surface area (Å²) in [6.45, 7) is 2.64. The topological polar surface area (TPSA) is 45.0 Å². The maximum Gasteiger partial charge on any atom is 0.112 e. The molecule has 0 aromatic heterocycles. The summed E-state index contributed by atoms with van der Waals surface area (Å²) in [5.41, 5.74) is -0.404. The molecule has 4 heteroatoms. The van der Waals surface area contributed by atoms with Gasteiger partial charge in [0.1, 0.15) is 5.54 Å². The van der Waals surface area contributed by atoms with Crippen molar-refractivity contribution in [2.24, 2.45) is 0 Å². The van der Waals surface area contributed by atoms with Crippen LogP contribution in [0, 0.1) is 11.3 Å². The van der Waals surface area contributed by atoms with Gasteiger partial charge in [0.25, 0.3) is 0 Å². The Morgan fingerprint density at radius 1 is 1.67 bits per heavy atom. The number of nitrogens with one attached hydrogen (secondary N) is 1. The van der Waals surface area contributed by atoms with Gasteiger partial charge in [0.05, 0.1) is 12.7 Å². The van der Waals surface area contributed by atoms with Crippen molar-refractivity contribution in [3.63, 3.8) is 0 Å². The zero-order valence-corrected chi connectivity index (χ0v) is 8.70. The molecule has 0 saturated carbocycles. The minimum Gasteiger partial charge on any atom is -0.384 e. The first-order valence-electron chi connectivity index (χ1n) is 3.85. The van der Waals surface area contributed by atoms with Gasteiger partial charge in [-0.3, -0.25) is 0 Å². The number of nitriles is 1. The molecule has 0 aliphatic carbocycles. The van der Waals surface area contributed by atoms with Crippen LogP contribution in [0.4, 0.5) is 0 Å². The highest BCUT2D eigenvalue weighted by Gasteiger charge is 2.20. The zero-order chi connectivity index (χ0) is 9.45. The lowest BCUT2D eigenvalue weighted by atomic mass is 10.1. The Hall–Kier alpha value is -0.240. The summed E-state index contributed by atoms with van der Waals surface area (Å²) >= 11 is 1.72. The van der Waals surface area contributed by atoms with Crippen LogP contribution in [0.2, 0.25) is 0 Å². The summed E-state index contributed by atoms with van der Waals surface area (Å²) in [6, 6.07) is 2.23. The minimum atomic E-state index is -0.404. The number of hydrogen-bond acceptors (Lipinski definition) is 4. The number of methoxy groups -OCH3 is 1. The molecule has 0 rings (SSSR count). The lowest BCUT2D eigenvalue weighted by Crippen LogP contribution is -2.40. The van der Waals surface area contributed by atoms with Crippen molar-refractivity contribution in [3.8, 4) is 6.07 Å². The van der Waals surface area contributed by atoms with E-state index >= 15 is 0 Å². The summed E-state index contributed by atoms with van der Waals surface area (Å²) in [7, 11) is 3.49. The van der Waals surface area contributed by atoms with Crippen LogP contribution < -0.4 is 5.32 Å². The van der Waals surface area contributed by atoms with E-state index in [0.717, 1.165) is 18.1 Å². The van der Waals surface area contributed by atoms with E-state index in [4.69, 9.17) is 10.00 Å². The van der Waals surface area contributed by atoms with Crippen LogP contribution in [0.5, 0.6) is 0 Å². The van der Waals surface area contributed by atoms with E-state index in [1.54, 1.807) is 25.9 Å². The van der Waals surface area contributed by atoms with Gasteiger partial charge in [-0.2, -0.15) is 17.0 Å². The third-order valence-corrected chi connectivity index (χ3v) is 2.86. The third-order valence-electron chi connectivity index (χ3n) is 1.62. The van der Waals surface area contributed by atoms with Gasteiger partial charge in [-0.25, -0.2) is 0 Å². The lowest BCUT2D eigenvalue weighted by molar-refractivity contribution is 0.218. The van der Waals surface area contributed by atoms with Gasteiger partial charge in [-0.05, 0) is 14.0 Å². The molecule has 0 spiro atoms. The highest BCUT2D eigenvalue weighted by atomic mass is 32.2. The molecule has 0 amide bonds. The van der Waals surface area contributed by atoms with Crippen LogP contribution >= 0.6 is 11.8 Å². The third kappa shape index (κ3) is 4.60. The smallest absolute Gasteiger partial charge is 0.112 e. The number of thioether (sulfide) groups is 1. The van der Waals surface area contributed by atoms with Crippen molar-refractivity contribution >= 4 is 11.8 Å². The predicted molar refractivity (Wildman–Crippen MR) is 52.3 cm³/mol. The van der Waals surface area contributed by atoms with Crippen molar-refractivity contribution in [3.05, 3.63) is 0 Å². The molecular weight excluding hydrogens is 172 g/mol. The fraction of sp³-hybridized carbons (Fsp3) is 0.875. The first kappa shape index (κ1) is 11.8. The van der Waals surface area contributed by atoms with E-state index in [0.29, 0.717) is 0 Å². The quantitative estimate of drug-likeness (QED) is 0.628. The van der Waals surface area contributed by atoms with Gasteiger partial charge in [0, 0.05) is 18.6 Å². The van der Waals surface area contributed by atoms with Crippen LogP contribution in [0.1, 0.15) is 6.92 Å². The fourth-order valence-electron chi connectivity index (χ4n) is 0.579. The maximum absolute atomic E-state index is 8.78. The normalized spacial score (nSPS) is 15.2. The molecule has 12 heavy (non-hydrogen) atoms. The van der Waals surface area contributed by atoms with Gasteiger partial charge < -0.3 is 10.1 Å². The molecule has 0 aromatic rings. The monoisotopic (exact) mass is 188 g/mol. The number of ether oxygens (including phenoxy) is 1. The van der Waals surface area contributed by atoms with Crippen molar-refractivity contribution in [1.29, 1.82) is 5.26 Å². The molecule has 0 aliphatic heterocycles. The molecule has 70 valence electrons. The highest BCUT2D eigenvalue weighted by molar-refractivity contribution is 7.99. The molecule has 0 aliphatic rings. The van der Waals surface area contributed by atoms with Crippen LogP contribution in [0.25, 0.3) is 0 Å². The van der Waals surface area contributed by atoms with Gasteiger partial charge in [0.2, 0.25) is 0 Å². The maximum atomic E-state index is 8.78. The molecule has 0 aromatic carbocycles. The second-order valence-electron chi connectivity index (χ2n) is 2.74. The minimum absolute atomic E-state index is 0.404. The van der Waals surface area contributed by atoms with Crippen molar-refractivity contribution in [2.75, 3.05) is 32.3 Å².